The van der Waals surface area contributed by atoms with Crippen LogP contribution in [0.15, 0.2) is 43.2 Å². The van der Waals surface area contributed by atoms with Crippen molar-refractivity contribution < 1.29 is 4.92 Å². The lowest BCUT2D eigenvalue weighted by atomic mass is 10.2. The van der Waals surface area contributed by atoms with Crippen molar-refractivity contribution in [1.29, 1.82) is 0 Å². The molecule has 0 saturated carbocycles. The van der Waals surface area contributed by atoms with E-state index in [1.54, 1.807) is 24.4 Å². The van der Waals surface area contributed by atoms with Gasteiger partial charge in [-0.25, -0.2) is 15.0 Å². The Bertz CT molecular complexity index is 866. The van der Waals surface area contributed by atoms with Crippen molar-refractivity contribution in [2.24, 2.45) is 0 Å². The largest absolute Gasteiger partial charge is 0.354 e. The van der Waals surface area contributed by atoms with Crippen molar-refractivity contribution in [2.75, 3.05) is 5.32 Å². The molecule has 3 aromatic rings. The number of aryl methyl sites for hydroxylation is 1. The summed E-state index contributed by atoms with van der Waals surface area (Å²) in [6.07, 6.45) is 5.79. The van der Waals surface area contributed by atoms with Gasteiger partial charge in [0.05, 0.1) is 4.92 Å². The van der Waals surface area contributed by atoms with Crippen LogP contribution in [-0.4, -0.2) is 24.4 Å². The smallest absolute Gasteiger partial charge is 0.334 e. The highest BCUT2D eigenvalue weighted by atomic mass is 35.5. The summed E-state index contributed by atoms with van der Waals surface area (Å²) in [5.74, 6) is 0.232. The number of imidazole rings is 1. The first-order chi connectivity index (χ1) is 11.1. The zero-order chi connectivity index (χ0) is 16.4. The molecule has 2 aromatic heterocycles. The Morgan fingerprint density at radius 2 is 2.17 bits per heavy atom. The second kappa shape index (κ2) is 6.01. The molecule has 0 amide bonds. The van der Waals surface area contributed by atoms with Crippen molar-refractivity contribution in [1.82, 2.24) is 19.5 Å². The number of nitrogens with one attached hydrogen (secondary N) is 1. The number of nitrogens with zero attached hydrogens (tertiary/aromatic N) is 5. The minimum atomic E-state index is -0.525. The standard InChI is InChI=1S/C14H11ClN6O2/c1-9-6-10(15)2-3-11(9)19-13-12(21(22)23)14(18-7-17-13)20-5-4-16-8-20/h2-8H,1H3,(H,17,18,19). The van der Waals surface area contributed by atoms with E-state index in [9.17, 15) is 10.1 Å². The van der Waals surface area contributed by atoms with Gasteiger partial charge in [-0.05, 0) is 30.7 Å². The molecule has 23 heavy (non-hydrogen) atoms. The Morgan fingerprint density at radius 3 is 2.83 bits per heavy atom. The molecule has 0 bridgehead atoms. The van der Waals surface area contributed by atoms with Crippen LogP contribution in [0.4, 0.5) is 17.2 Å². The molecule has 1 aromatic carbocycles. The van der Waals surface area contributed by atoms with Crippen molar-refractivity contribution in [2.45, 2.75) is 6.92 Å². The van der Waals surface area contributed by atoms with E-state index in [4.69, 9.17) is 11.6 Å². The number of benzene rings is 1. The molecular formula is C14H11ClN6O2. The van der Waals surface area contributed by atoms with Gasteiger partial charge >= 0.3 is 5.69 Å². The van der Waals surface area contributed by atoms with Crippen LogP contribution in [0.2, 0.25) is 5.02 Å². The third-order valence-corrected chi connectivity index (χ3v) is 3.41. The van der Waals surface area contributed by atoms with E-state index in [-0.39, 0.29) is 17.3 Å². The van der Waals surface area contributed by atoms with Gasteiger partial charge in [-0.3, -0.25) is 14.7 Å². The second-order valence-corrected chi connectivity index (χ2v) is 5.14. The number of aromatic nitrogens is 4. The summed E-state index contributed by atoms with van der Waals surface area (Å²) in [6, 6.07) is 5.19. The molecule has 0 aliphatic carbocycles. The highest BCUT2D eigenvalue weighted by Crippen LogP contribution is 2.31. The van der Waals surface area contributed by atoms with Gasteiger partial charge in [-0.1, -0.05) is 11.6 Å². The minimum absolute atomic E-state index is 0.0964. The SMILES string of the molecule is Cc1cc(Cl)ccc1Nc1ncnc(-n2ccnc2)c1[N+](=O)[O-]. The molecule has 0 atom stereocenters. The van der Waals surface area contributed by atoms with E-state index >= 15 is 0 Å². The summed E-state index contributed by atoms with van der Waals surface area (Å²) < 4.78 is 1.46. The van der Waals surface area contributed by atoms with Gasteiger partial charge in [0.15, 0.2) is 0 Å². The topological polar surface area (TPSA) is 98.8 Å². The van der Waals surface area contributed by atoms with E-state index < -0.39 is 4.92 Å². The lowest BCUT2D eigenvalue weighted by Crippen LogP contribution is -2.07. The Kier molecular flexibility index (Phi) is 3.90. The summed E-state index contributed by atoms with van der Waals surface area (Å²) in [6.45, 7) is 1.85. The van der Waals surface area contributed by atoms with E-state index in [0.29, 0.717) is 10.7 Å². The van der Waals surface area contributed by atoms with Crippen LogP contribution in [0.1, 0.15) is 5.56 Å². The van der Waals surface area contributed by atoms with Crippen LogP contribution in [0.5, 0.6) is 0 Å². The molecule has 8 nitrogen and oxygen atoms in total. The fourth-order valence-corrected chi connectivity index (χ4v) is 2.32. The van der Waals surface area contributed by atoms with E-state index in [1.165, 1.54) is 23.4 Å². The fraction of sp³-hybridized carbons (Fsp3) is 0.0714. The maximum Gasteiger partial charge on any atom is 0.354 e. The Morgan fingerprint density at radius 1 is 1.35 bits per heavy atom. The Labute approximate surface area is 135 Å². The first-order valence-corrected chi connectivity index (χ1v) is 6.95. The molecule has 9 heteroatoms. The van der Waals surface area contributed by atoms with Gasteiger partial charge in [-0.15, -0.1) is 0 Å². The van der Waals surface area contributed by atoms with E-state index in [1.807, 2.05) is 6.92 Å². The zero-order valence-electron chi connectivity index (χ0n) is 12.0. The summed E-state index contributed by atoms with van der Waals surface area (Å²) in [5, 5.41) is 15.1. The first kappa shape index (κ1) is 14.9. The summed E-state index contributed by atoms with van der Waals surface area (Å²) in [5.41, 5.74) is 1.28. The fourth-order valence-electron chi connectivity index (χ4n) is 2.10. The second-order valence-electron chi connectivity index (χ2n) is 4.71. The van der Waals surface area contributed by atoms with E-state index in [2.05, 4.69) is 20.3 Å². The number of rotatable bonds is 4. The number of hydrogen-bond donors (Lipinski definition) is 1. The summed E-state index contributed by atoms with van der Waals surface area (Å²) in [7, 11) is 0. The number of hydrogen-bond acceptors (Lipinski definition) is 6. The van der Waals surface area contributed by atoms with Gasteiger partial charge < -0.3 is 5.32 Å². The molecule has 116 valence electrons. The van der Waals surface area contributed by atoms with Crippen molar-refractivity contribution in [3.8, 4) is 5.82 Å². The highest BCUT2D eigenvalue weighted by Gasteiger charge is 2.24. The van der Waals surface area contributed by atoms with Crippen LogP contribution >= 0.6 is 11.6 Å². The molecule has 0 unspecified atom stereocenters. The molecule has 0 aliphatic heterocycles. The first-order valence-electron chi connectivity index (χ1n) is 6.57. The third-order valence-electron chi connectivity index (χ3n) is 3.18. The predicted molar refractivity (Wildman–Crippen MR) is 85.3 cm³/mol. The molecule has 0 radical (unpaired) electrons. The minimum Gasteiger partial charge on any atom is -0.334 e. The monoisotopic (exact) mass is 330 g/mol. The van der Waals surface area contributed by atoms with Crippen molar-refractivity contribution in [3.05, 3.63) is 63.9 Å². The maximum absolute atomic E-state index is 11.5. The molecule has 0 spiro atoms. The quantitative estimate of drug-likeness (QED) is 0.582. The normalized spacial score (nSPS) is 10.5. The molecule has 0 saturated heterocycles. The van der Waals surface area contributed by atoms with Gasteiger partial charge in [0.1, 0.15) is 12.7 Å². The predicted octanol–water partition coefficient (Wildman–Crippen LogP) is 3.28. The molecule has 0 fully saturated rings. The van der Waals surface area contributed by atoms with Gasteiger partial charge in [-0.2, -0.15) is 0 Å². The number of anilines is 2. The molecule has 0 aliphatic rings. The summed E-state index contributed by atoms with van der Waals surface area (Å²) >= 11 is 5.92. The third kappa shape index (κ3) is 2.97. The summed E-state index contributed by atoms with van der Waals surface area (Å²) in [4.78, 5) is 22.8. The average Bonchev–Trinajstić information content (AvgIpc) is 3.04. The van der Waals surface area contributed by atoms with Crippen molar-refractivity contribution >= 4 is 28.8 Å². The molecule has 2 heterocycles. The van der Waals surface area contributed by atoms with E-state index in [0.717, 1.165) is 5.56 Å². The molecule has 3 rings (SSSR count). The lowest BCUT2D eigenvalue weighted by Gasteiger charge is -2.11. The van der Waals surface area contributed by atoms with Crippen LogP contribution in [0, 0.1) is 17.0 Å². The maximum atomic E-state index is 11.5. The zero-order valence-corrected chi connectivity index (χ0v) is 12.7. The van der Waals surface area contributed by atoms with Crippen LogP contribution in [0.3, 0.4) is 0 Å². The lowest BCUT2D eigenvalue weighted by molar-refractivity contribution is -0.384. The Balaban J connectivity index is 2.09. The van der Waals surface area contributed by atoms with Crippen molar-refractivity contribution in [3.63, 3.8) is 0 Å². The van der Waals surface area contributed by atoms with Crippen LogP contribution < -0.4 is 5.32 Å². The number of nitro groups is 1. The van der Waals surface area contributed by atoms with Crippen LogP contribution in [0.25, 0.3) is 5.82 Å². The Hall–Kier alpha value is -3.00. The van der Waals surface area contributed by atoms with Crippen LogP contribution in [-0.2, 0) is 0 Å². The highest BCUT2D eigenvalue weighted by molar-refractivity contribution is 6.30. The van der Waals surface area contributed by atoms with Gasteiger partial charge in [0.2, 0.25) is 11.6 Å². The molecule has 1 N–H and O–H groups in total. The van der Waals surface area contributed by atoms with Gasteiger partial charge in [0, 0.05) is 23.1 Å². The van der Waals surface area contributed by atoms with Gasteiger partial charge in [0.25, 0.3) is 0 Å². The number of halogens is 1. The average molecular weight is 331 g/mol. The molecular weight excluding hydrogens is 320 g/mol.